The number of nitrogen functional groups attached to an aromatic ring is 1. The van der Waals surface area contributed by atoms with Crippen molar-refractivity contribution in [1.29, 1.82) is 5.41 Å². The van der Waals surface area contributed by atoms with Crippen molar-refractivity contribution in [3.8, 4) is 0 Å². The molecular weight excluding hydrogens is 293 g/mol. The van der Waals surface area contributed by atoms with Crippen LogP contribution < -0.4 is 11.1 Å². The van der Waals surface area contributed by atoms with Gasteiger partial charge >= 0.3 is 0 Å². The lowest BCUT2D eigenvalue weighted by Crippen LogP contribution is -2.14. The molecule has 0 unspecified atom stereocenters. The van der Waals surface area contributed by atoms with E-state index in [1.54, 1.807) is 6.07 Å². The second-order valence-corrected chi connectivity index (χ2v) is 3.98. The molecule has 0 saturated carbocycles. The van der Waals surface area contributed by atoms with Crippen LogP contribution in [0.25, 0.3) is 0 Å². The molecule has 88 valence electrons. The van der Waals surface area contributed by atoms with Crippen LogP contribution in [-0.4, -0.2) is 16.1 Å². The molecule has 0 aliphatic heterocycles. The van der Waals surface area contributed by atoms with Gasteiger partial charge in [-0.2, -0.15) is 0 Å². The van der Waals surface area contributed by atoms with Crippen LogP contribution in [0.2, 0.25) is 0 Å². The number of rotatable bonds is 2. The van der Waals surface area contributed by atoms with E-state index in [-0.39, 0.29) is 17.3 Å². The van der Waals surface area contributed by atoms with Crippen LogP contribution in [0.4, 0.5) is 15.9 Å². The molecule has 6 nitrogen and oxygen atoms in total. The van der Waals surface area contributed by atoms with Gasteiger partial charge in [0.05, 0.1) is 4.47 Å². The normalized spacial score (nSPS) is 10.2. The summed E-state index contributed by atoms with van der Waals surface area (Å²) in [5, 5.41) is 17.1. The Morgan fingerprint density at radius 1 is 1.47 bits per heavy atom. The lowest BCUT2D eigenvalue weighted by molar-refractivity contribution is 0.308. The first kappa shape index (κ1) is 11.5. The molecule has 0 saturated heterocycles. The molecule has 0 atom stereocenters. The van der Waals surface area contributed by atoms with Crippen molar-refractivity contribution in [3.63, 3.8) is 0 Å². The average molecular weight is 300 g/mol. The maximum atomic E-state index is 13.2. The fourth-order valence-electron chi connectivity index (χ4n) is 1.15. The lowest BCUT2D eigenvalue weighted by Gasteiger charge is -2.05. The summed E-state index contributed by atoms with van der Waals surface area (Å²) in [5.74, 6) is -0.556. The predicted octanol–water partition coefficient (Wildman–Crippen LogP) is 1.99. The minimum atomic E-state index is -0.436. The van der Waals surface area contributed by atoms with Gasteiger partial charge in [0, 0.05) is 5.69 Å². The molecule has 0 amide bonds. The van der Waals surface area contributed by atoms with Crippen molar-refractivity contribution < 1.29 is 9.02 Å². The van der Waals surface area contributed by atoms with Crippen LogP contribution in [0.15, 0.2) is 27.3 Å². The SMILES string of the molecule is N=C(Nc1ccc(Br)c(F)c1)c1nonc1N. The van der Waals surface area contributed by atoms with Crippen molar-refractivity contribution >= 4 is 33.3 Å². The summed E-state index contributed by atoms with van der Waals surface area (Å²) in [7, 11) is 0. The Balaban J connectivity index is 2.19. The monoisotopic (exact) mass is 299 g/mol. The van der Waals surface area contributed by atoms with E-state index in [2.05, 4.69) is 36.2 Å². The Morgan fingerprint density at radius 3 is 2.82 bits per heavy atom. The van der Waals surface area contributed by atoms with Gasteiger partial charge in [0.25, 0.3) is 0 Å². The quantitative estimate of drug-likeness (QED) is 0.581. The van der Waals surface area contributed by atoms with Crippen LogP contribution in [0.5, 0.6) is 0 Å². The van der Waals surface area contributed by atoms with Crippen molar-refractivity contribution in [2.24, 2.45) is 0 Å². The zero-order chi connectivity index (χ0) is 12.4. The van der Waals surface area contributed by atoms with Crippen LogP contribution in [0, 0.1) is 11.2 Å². The Morgan fingerprint density at radius 2 is 2.24 bits per heavy atom. The van der Waals surface area contributed by atoms with Gasteiger partial charge in [-0.3, -0.25) is 5.41 Å². The minimum absolute atomic E-state index is 0.0000774. The van der Waals surface area contributed by atoms with Crippen molar-refractivity contribution in [2.75, 3.05) is 11.1 Å². The first-order valence-electron chi connectivity index (χ1n) is 4.47. The topological polar surface area (TPSA) is 101 Å². The molecule has 0 bridgehead atoms. The number of nitrogens with zero attached hydrogens (tertiary/aromatic N) is 2. The molecule has 0 aliphatic rings. The van der Waals surface area contributed by atoms with E-state index in [1.807, 2.05) is 0 Å². The van der Waals surface area contributed by atoms with Gasteiger partial charge < -0.3 is 11.1 Å². The predicted molar refractivity (Wildman–Crippen MR) is 63.3 cm³/mol. The highest BCUT2D eigenvalue weighted by Gasteiger charge is 2.12. The summed E-state index contributed by atoms with van der Waals surface area (Å²) in [4.78, 5) is 0. The average Bonchev–Trinajstić information content (AvgIpc) is 2.70. The molecule has 2 aromatic rings. The van der Waals surface area contributed by atoms with E-state index >= 15 is 0 Å². The molecule has 0 radical (unpaired) electrons. The second kappa shape index (κ2) is 4.50. The molecule has 0 fully saturated rings. The third-order valence-corrected chi connectivity index (χ3v) is 2.58. The zero-order valence-corrected chi connectivity index (χ0v) is 9.95. The maximum absolute atomic E-state index is 13.2. The van der Waals surface area contributed by atoms with Crippen LogP contribution in [0.3, 0.4) is 0 Å². The van der Waals surface area contributed by atoms with Crippen LogP contribution in [0.1, 0.15) is 5.69 Å². The number of aromatic nitrogens is 2. The zero-order valence-electron chi connectivity index (χ0n) is 8.37. The number of halogens is 2. The molecule has 1 aromatic carbocycles. The largest absolute Gasteiger partial charge is 0.379 e. The Labute approximate surface area is 104 Å². The van der Waals surface area contributed by atoms with E-state index in [9.17, 15) is 4.39 Å². The van der Waals surface area contributed by atoms with Gasteiger partial charge in [-0.1, -0.05) is 0 Å². The van der Waals surface area contributed by atoms with E-state index in [0.717, 1.165) is 0 Å². The number of nitrogens with two attached hydrogens (primary N) is 1. The summed E-state index contributed by atoms with van der Waals surface area (Å²) in [5.41, 5.74) is 5.90. The molecule has 17 heavy (non-hydrogen) atoms. The number of benzene rings is 1. The Hall–Kier alpha value is -1.96. The van der Waals surface area contributed by atoms with Gasteiger partial charge in [-0.05, 0) is 44.4 Å². The molecule has 0 aliphatic carbocycles. The highest BCUT2D eigenvalue weighted by atomic mass is 79.9. The number of hydrogen-bond donors (Lipinski definition) is 3. The van der Waals surface area contributed by atoms with Crippen molar-refractivity contribution in [3.05, 3.63) is 34.2 Å². The van der Waals surface area contributed by atoms with Gasteiger partial charge in [0.1, 0.15) is 5.82 Å². The number of amidine groups is 1. The minimum Gasteiger partial charge on any atom is -0.379 e. The van der Waals surface area contributed by atoms with Gasteiger partial charge in [0.15, 0.2) is 17.3 Å². The standard InChI is InChI=1S/C9H7BrFN5O/c10-5-2-1-4(3-6(5)11)14-8(12)7-9(13)16-17-15-7/h1-3H,(H2,12,14)(H2,13,16). The molecular formula is C9H7BrFN5O. The molecule has 8 heteroatoms. The van der Waals surface area contributed by atoms with Crippen molar-refractivity contribution in [2.45, 2.75) is 0 Å². The third kappa shape index (κ3) is 2.41. The van der Waals surface area contributed by atoms with E-state index in [0.29, 0.717) is 10.2 Å². The fourth-order valence-corrected chi connectivity index (χ4v) is 1.39. The number of nitrogens with one attached hydrogen (secondary N) is 2. The number of hydrogen-bond acceptors (Lipinski definition) is 5. The summed E-state index contributed by atoms with van der Waals surface area (Å²) in [6.07, 6.45) is 0. The van der Waals surface area contributed by atoms with E-state index in [4.69, 9.17) is 11.1 Å². The highest BCUT2D eigenvalue weighted by molar-refractivity contribution is 9.10. The van der Waals surface area contributed by atoms with Crippen molar-refractivity contribution in [1.82, 2.24) is 10.3 Å². The smallest absolute Gasteiger partial charge is 0.199 e. The summed E-state index contributed by atoms with van der Waals surface area (Å²) < 4.78 is 17.9. The lowest BCUT2D eigenvalue weighted by atomic mass is 10.3. The molecule has 0 spiro atoms. The van der Waals surface area contributed by atoms with Gasteiger partial charge in [0.2, 0.25) is 0 Å². The third-order valence-electron chi connectivity index (χ3n) is 1.94. The summed E-state index contributed by atoms with van der Waals surface area (Å²) in [6.45, 7) is 0. The van der Waals surface area contributed by atoms with Gasteiger partial charge in [-0.25, -0.2) is 9.02 Å². The second-order valence-electron chi connectivity index (χ2n) is 3.13. The summed E-state index contributed by atoms with van der Waals surface area (Å²) >= 11 is 3.03. The number of anilines is 2. The highest BCUT2D eigenvalue weighted by Crippen LogP contribution is 2.20. The molecule has 1 aromatic heterocycles. The van der Waals surface area contributed by atoms with Crippen LogP contribution >= 0.6 is 15.9 Å². The fraction of sp³-hybridized carbons (Fsp3) is 0. The Kier molecular flexibility index (Phi) is 3.05. The van der Waals surface area contributed by atoms with Crippen LogP contribution in [-0.2, 0) is 0 Å². The first-order chi connectivity index (χ1) is 8.08. The van der Waals surface area contributed by atoms with E-state index in [1.165, 1.54) is 12.1 Å². The molecule has 4 N–H and O–H groups in total. The maximum Gasteiger partial charge on any atom is 0.199 e. The van der Waals surface area contributed by atoms with E-state index < -0.39 is 5.82 Å². The molecule has 1 heterocycles. The first-order valence-corrected chi connectivity index (χ1v) is 5.26. The Bertz CT molecular complexity index is 570. The molecule has 2 rings (SSSR count). The summed E-state index contributed by atoms with van der Waals surface area (Å²) in [6, 6.07) is 4.36. The van der Waals surface area contributed by atoms with Gasteiger partial charge in [-0.15, -0.1) is 0 Å².